The van der Waals surface area contributed by atoms with Gasteiger partial charge in [0.15, 0.2) is 6.10 Å². The number of nitrogens with two attached hydrogens (primary N) is 1. The third kappa shape index (κ3) is 3.22. The molecule has 20 heavy (non-hydrogen) atoms. The molecule has 0 bridgehead atoms. The normalized spacial score (nSPS) is 11.9. The van der Waals surface area contributed by atoms with E-state index in [1.807, 2.05) is 6.92 Å². The minimum absolute atomic E-state index is 0.161. The van der Waals surface area contributed by atoms with Gasteiger partial charge in [-0.2, -0.15) is 4.98 Å². The Kier molecular flexibility index (Phi) is 4.14. The summed E-state index contributed by atoms with van der Waals surface area (Å²) in [6.45, 7) is 3.96. The van der Waals surface area contributed by atoms with Gasteiger partial charge in [0.1, 0.15) is 0 Å². The highest BCUT2D eigenvalue weighted by molar-refractivity contribution is 5.64. The predicted octanol–water partition coefficient (Wildman–Crippen LogP) is 1.69. The fraction of sp³-hybridized carbons (Fsp3) is 0.333. The maximum absolute atomic E-state index is 10.7. The molecule has 1 unspecified atom stereocenters. The van der Waals surface area contributed by atoms with Crippen molar-refractivity contribution >= 4 is 6.09 Å². The van der Waals surface area contributed by atoms with Crippen LogP contribution in [-0.2, 0) is 4.74 Å². The van der Waals surface area contributed by atoms with Crippen LogP contribution >= 0.6 is 0 Å². The molecular weight excluding hydrogens is 264 g/mol. The van der Waals surface area contributed by atoms with Crippen LogP contribution in [0.15, 0.2) is 22.9 Å². The van der Waals surface area contributed by atoms with E-state index < -0.39 is 12.2 Å². The van der Waals surface area contributed by atoms with Gasteiger partial charge in [0.25, 0.3) is 5.89 Å². The van der Waals surface area contributed by atoms with Crippen molar-refractivity contribution in [2.24, 2.45) is 5.73 Å². The molecule has 0 radical (unpaired) electrons. The average molecular weight is 278 g/mol. The Morgan fingerprint density at radius 1 is 1.55 bits per heavy atom. The van der Waals surface area contributed by atoms with Gasteiger partial charge < -0.3 is 19.7 Å². The highest BCUT2D eigenvalue weighted by Crippen LogP contribution is 2.22. The van der Waals surface area contributed by atoms with Gasteiger partial charge in [-0.1, -0.05) is 5.16 Å². The van der Waals surface area contributed by atoms with Crippen LogP contribution in [0.25, 0.3) is 11.4 Å². The Morgan fingerprint density at radius 3 is 3.05 bits per heavy atom. The van der Waals surface area contributed by atoms with Crippen LogP contribution in [0.2, 0.25) is 0 Å². The van der Waals surface area contributed by atoms with Crippen LogP contribution in [0, 0.1) is 0 Å². The molecule has 1 amide bonds. The second-order valence-corrected chi connectivity index (χ2v) is 3.85. The lowest BCUT2D eigenvalue weighted by molar-refractivity contribution is 0.0959. The summed E-state index contributed by atoms with van der Waals surface area (Å²) >= 11 is 0. The van der Waals surface area contributed by atoms with Crippen molar-refractivity contribution in [3.05, 3.63) is 24.2 Å². The summed E-state index contributed by atoms with van der Waals surface area (Å²) in [5, 5.41) is 3.81. The number of primary amides is 1. The van der Waals surface area contributed by atoms with E-state index in [1.165, 1.54) is 0 Å². The number of ether oxygens (including phenoxy) is 2. The van der Waals surface area contributed by atoms with Gasteiger partial charge in [0.05, 0.1) is 6.61 Å². The van der Waals surface area contributed by atoms with Gasteiger partial charge in [-0.15, -0.1) is 0 Å². The maximum Gasteiger partial charge on any atom is 0.405 e. The molecule has 2 aromatic rings. The number of nitrogens with zero attached hydrogens (tertiary/aromatic N) is 3. The largest absolute Gasteiger partial charge is 0.478 e. The molecule has 0 aliphatic heterocycles. The van der Waals surface area contributed by atoms with Crippen molar-refractivity contribution in [1.82, 2.24) is 15.1 Å². The number of carbonyl (C=O) groups is 1. The lowest BCUT2D eigenvalue weighted by Crippen LogP contribution is -2.15. The minimum atomic E-state index is -0.903. The maximum atomic E-state index is 10.7. The SMILES string of the molecule is CCOc1cc(-c2noc(C(C)OC(N)=O)n2)ccn1. The summed E-state index contributed by atoms with van der Waals surface area (Å²) in [6.07, 6.45) is -0.0265. The molecule has 2 N–H and O–H groups in total. The zero-order valence-corrected chi connectivity index (χ0v) is 11.1. The first-order valence-electron chi connectivity index (χ1n) is 5.99. The molecule has 2 heterocycles. The smallest absolute Gasteiger partial charge is 0.405 e. The van der Waals surface area contributed by atoms with E-state index in [-0.39, 0.29) is 5.89 Å². The number of carbonyl (C=O) groups excluding carboxylic acids is 1. The average Bonchev–Trinajstić information content (AvgIpc) is 2.88. The molecule has 0 spiro atoms. The predicted molar refractivity (Wildman–Crippen MR) is 67.8 cm³/mol. The van der Waals surface area contributed by atoms with Gasteiger partial charge in [-0.3, -0.25) is 0 Å². The van der Waals surface area contributed by atoms with Crippen LogP contribution in [-0.4, -0.2) is 27.8 Å². The fourth-order valence-corrected chi connectivity index (χ4v) is 1.52. The Bertz CT molecular complexity index is 599. The number of pyridine rings is 1. The van der Waals surface area contributed by atoms with Crippen molar-refractivity contribution in [3.8, 4) is 17.3 Å². The third-order valence-electron chi connectivity index (χ3n) is 2.37. The van der Waals surface area contributed by atoms with Gasteiger partial charge in [-0.25, -0.2) is 9.78 Å². The van der Waals surface area contributed by atoms with Crippen molar-refractivity contribution in [3.63, 3.8) is 0 Å². The first-order chi connectivity index (χ1) is 9.60. The van der Waals surface area contributed by atoms with E-state index in [9.17, 15) is 4.79 Å². The zero-order valence-electron chi connectivity index (χ0n) is 11.1. The number of amides is 1. The van der Waals surface area contributed by atoms with Crippen molar-refractivity contribution < 1.29 is 18.8 Å². The number of aromatic nitrogens is 3. The van der Waals surface area contributed by atoms with Crippen molar-refractivity contribution in [2.75, 3.05) is 6.61 Å². The summed E-state index contributed by atoms with van der Waals surface area (Å²) < 4.78 is 15.1. The molecule has 2 rings (SSSR count). The molecule has 1 atom stereocenters. The topological polar surface area (TPSA) is 113 Å². The van der Waals surface area contributed by atoms with Crippen LogP contribution in [0.4, 0.5) is 4.79 Å². The van der Waals surface area contributed by atoms with Crippen LogP contribution in [0.1, 0.15) is 25.8 Å². The monoisotopic (exact) mass is 278 g/mol. The molecule has 0 aromatic carbocycles. The lowest BCUT2D eigenvalue weighted by Gasteiger charge is -2.04. The fourth-order valence-electron chi connectivity index (χ4n) is 1.52. The van der Waals surface area contributed by atoms with Crippen LogP contribution in [0.5, 0.6) is 5.88 Å². The Hall–Kier alpha value is -2.64. The second-order valence-electron chi connectivity index (χ2n) is 3.85. The lowest BCUT2D eigenvalue weighted by atomic mass is 10.2. The molecular formula is C12H14N4O4. The number of rotatable bonds is 5. The Morgan fingerprint density at radius 2 is 2.35 bits per heavy atom. The summed E-state index contributed by atoms with van der Waals surface area (Å²) in [7, 11) is 0. The summed E-state index contributed by atoms with van der Waals surface area (Å²) in [5.41, 5.74) is 5.61. The highest BCUT2D eigenvalue weighted by atomic mass is 16.6. The van der Waals surface area contributed by atoms with E-state index in [1.54, 1.807) is 25.3 Å². The quantitative estimate of drug-likeness (QED) is 0.884. The van der Waals surface area contributed by atoms with Gasteiger partial charge in [0, 0.05) is 17.8 Å². The molecule has 0 aliphatic rings. The molecule has 106 valence electrons. The summed E-state index contributed by atoms with van der Waals surface area (Å²) in [4.78, 5) is 18.8. The van der Waals surface area contributed by atoms with Crippen LogP contribution in [0.3, 0.4) is 0 Å². The van der Waals surface area contributed by atoms with E-state index in [0.29, 0.717) is 23.9 Å². The standard InChI is InChI=1S/C12H14N4O4/c1-3-18-9-6-8(4-5-14-9)10-15-11(20-16-10)7(2)19-12(13)17/h4-7H,3H2,1-2H3,(H2,13,17). The number of hydrogen-bond acceptors (Lipinski definition) is 7. The Labute approximate surface area is 114 Å². The second kappa shape index (κ2) is 6.00. The molecule has 8 nitrogen and oxygen atoms in total. The van der Waals surface area contributed by atoms with Crippen molar-refractivity contribution in [1.29, 1.82) is 0 Å². The Balaban J connectivity index is 2.19. The van der Waals surface area contributed by atoms with E-state index >= 15 is 0 Å². The van der Waals surface area contributed by atoms with Crippen LogP contribution < -0.4 is 10.5 Å². The molecule has 0 saturated carbocycles. The molecule has 8 heteroatoms. The molecule has 0 saturated heterocycles. The van der Waals surface area contributed by atoms with E-state index in [0.717, 1.165) is 0 Å². The van der Waals surface area contributed by atoms with Gasteiger partial charge >= 0.3 is 6.09 Å². The summed E-state index contributed by atoms with van der Waals surface area (Å²) in [5.74, 6) is 0.981. The molecule has 0 aliphatic carbocycles. The molecule has 0 fully saturated rings. The zero-order chi connectivity index (χ0) is 14.5. The van der Waals surface area contributed by atoms with Gasteiger partial charge in [0.2, 0.25) is 11.7 Å². The summed E-state index contributed by atoms with van der Waals surface area (Å²) in [6, 6.07) is 3.41. The first-order valence-corrected chi connectivity index (χ1v) is 5.99. The van der Waals surface area contributed by atoms with E-state index in [2.05, 4.69) is 15.1 Å². The first kappa shape index (κ1) is 13.8. The van der Waals surface area contributed by atoms with E-state index in [4.69, 9.17) is 19.7 Å². The third-order valence-corrected chi connectivity index (χ3v) is 2.37. The highest BCUT2D eigenvalue weighted by Gasteiger charge is 2.18. The number of hydrogen-bond donors (Lipinski definition) is 1. The van der Waals surface area contributed by atoms with Gasteiger partial charge in [-0.05, 0) is 19.9 Å². The van der Waals surface area contributed by atoms with Crippen molar-refractivity contribution in [2.45, 2.75) is 20.0 Å². The molecule has 2 aromatic heterocycles. The minimum Gasteiger partial charge on any atom is -0.478 e.